The van der Waals surface area contributed by atoms with E-state index in [4.69, 9.17) is 16.3 Å². The first-order chi connectivity index (χ1) is 10.6. The van der Waals surface area contributed by atoms with Gasteiger partial charge in [-0.2, -0.15) is 0 Å². The Labute approximate surface area is 135 Å². The van der Waals surface area contributed by atoms with E-state index in [1.807, 2.05) is 18.2 Å². The first-order valence-corrected chi connectivity index (χ1v) is 7.72. The lowest BCUT2D eigenvalue weighted by molar-refractivity contribution is -0.384. The molecule has 0 N–H and O–H groups in total. The summed E-state index contributed by atoms with van der Waals surface area (Å²) in [6.07, 6.45) is 1.69. The Balaban J connectivity index is 1.84. The molecule has 22 heavy (non-hydrogen) atoms. The molecule has 0 bridgehead atoms. The molecule has 0 aliphatic carbocycles. The SMILES string of the molecule is O=C(CSCc1ccccn1)Oc1ccc([N+](=O)[O-])c(Cl)c1. The van der Waals surface area contributed by atoms with Crippen LogP contribution >= 0.6 is 23.4 Å². The summed E-state index contributed by atoms with van der Waals surface area (Å²) in [5.41, 5.74) is 0.643. The lowest BCUT2D eigenvalue weighted by atomic mass is 10.3. The standard InChI is InChI=1S/C14H11ClN2O4S/c15-12-7-11(4-5-13(12)17(19)20)21-14(18)9-22-8-10-3-1-2-6-16-10/h1-7H,8-9H2. The minimum absolute atomic E-state index is 0.0727. The van der Waals surface area contributed by atoms with Gasteiger partial charge in [0, 0.05) is 24.1 Å². The maximum atomic E-state index is 11.7. The highest BCUT2D eigenvalue weighted by atomic mass is 35.5. The molecule has 2 rings (SSSR count). The average Bonchev–Trinajstić information content (AvgIpc) is 2.48. The van der Waals surface area contributed by atoms with Gasteiger partial charge in [0.25, 0.3) is 5.69 Å². The van der Waals surface area contributed by atoms with E-state index in [1.165, 1.54) is 30.0 Å². The average molecular weight is 339 g/mol. The molecular formula is C14H11ClN2O4S. The molecule has 1 aromatic carbocycles. The largest absolute Gasteiger partial charge is 0.426 e. The molecule has 6 nitrogen and oxygen atoms in total. The summed E-state index contributed by atoms with van der Waals surface area (Å²) in [5, 5.41) is 10.6. The van der Waals surface area contributed by atoms with Crippen molar-refractivity contribution in [2.24, 2.45) is 0 Å². The molecule has 0 aliphatic heterocycles. The number of hydrogen-bond acceptors (Lipinski definition) is 6. The number of nitro groups is 1. The van der Waals surface area contributed by atoms with Crippen molar-refractivity contribution in [2.75, 3.05) is 5.75 Å². The van der Waals surface area contributed by atoms with E-state index in [0.29, 0.717) is 5.75 Å². The maximum absolute atomic E-state index is 11.7. The van der Waals surface area contributed by atoms with E-state index in [2.05, 4.69) is 4.98 Å². The van der Waals surface area contributed by atoms with Gasteiger partial charge in [0.05, 0.1) is 16.4 Å². The molecule has 8 heteroatoms. The van der Waals surface area contributed by atoms with Crippen LogP contribution in [0, 0.1) is 10.1 Å². The predicted octanol–water partition coefficient (Wildman–Crippen LogP) is 3.48. The van der Waals surface area contributed by atoms with E-state index in [1.54, 1.807) is 6.20 Å². The second kappa shape index (κ2) is 7.77. The Morgan fingerprint density at radius 2 is 2.18 bits per heavy atom. The number of nitro benzene ring substituents is 1. The third-order valence-corrected chi connectivity index (χ3v) is 3.79. The van der Waals surface area contributed by atoms with Crippen LogP contribution in [0.1, 0.15) is 5.69 Å². The fourth-order valence-corrected chi connectivity index (χ4v) is 2.53. The summed E-state index contributed by atoms with van der Waals surface area (Å²) >= 11 is 7.11. The minimum Gasteiger partial charge on any atom is -0.426 e. The van der Waals surface area contributed by atoms with Gasteiger partial charge in [0.15, 0.2) is 0 Å². The van der Waals surface area contributed by atoms with Gasteiger partial charge in [-0.1, -0.05) is 17.7 Å². The molecule has 0 aliphatic rings. The maximum Gasteiger partial charge on any atom is 0.321 e. The van der Waals surface area contributed by atoms with E-state index in [-0.39, 0.29) is 22.2 Å². The highest BCUT2D eigenvalue weighted by molar-refractivity contribution is 7.99. The van der Waals surface area contributed by atoms with Crippen molar-refractivity contribution in [3.05, 3.63) is 63.4 Å². The molecule has 0 radical (unpaired) electrons. The van der Waals surface area contributed by atoms with Crippen LogP contribution in [0.25, 0.3) is 0 Å². The van der Waals surface area contributed by atoms with Crippen molar-refractivity contribution in [2.45, 2.75) is 5.75 Å². The van der Waals surface area contributed by atoms with Crippen molar-refractivity contribution < 1.29 is 14.5 Å². The highest BCUT2D eigenvalue weighted by Crippen LogP contribution is 2.28. The van der Waals surface area contributed by atoms with E-state index < -0.39 is 10.9 Å². The Kier molecular flexibility index (Phi) is 5.74. The van der Waals surface area contributed by atoms with Crippen LogP contribution < -0.4 is 4.74 Å². The highest BCUT2D eigenvalue weighted by Gasteiger charge is 2.14. The normalized spacial score (nSPS) is 10.2. The number of rotatable bonds is 6. The minimum atomic E-state index is -0.601. The zero-order chi connectivity index (χ0) is 15.9. The van der Waals surface area contributed by atoms with Crippen LogP contribution in [-0.4, -0.2) is 21.6 Å². The molecule has 1 aromatic heterocycles. The molecule has 0 saturated carbocycles. The van der Waals surface area contributed by atoms with Gasteiger partial charge in [-0.05, 0) is 18.2 Å². The van der Waals surface area contributed by atoms with Gasteiger partial charge in [-0.15, -0.1) is 11.8 Å². The van der Waals surface area contributed by atoms with Gasteiger partial charge in [-0.3, -0.25) is 19.9 Å². The van der Waals surface area contributed by atoms with Gasteiger partial charge < -0.3 is 4.74 Å². The second-order valence-corrected chi connectivity index (χ2v) is 5.55. The Hall–Kier alpha value is -2.12. The van der Waals surface area contributed by atoms with E-state index in [0.717, 1.165) is 5.69 Å². The van der Waals surface area contributed by atoms with Crippen molar-refractivity contribution in [1.29, 1.82) is 0 Å². The van der Waals surface area contributed by atoms with Gasteiger partial charge in [0.2, 0.25) is 0 Å². The third kappa shape index (κ3) is 4.71. The number of carbonyl (C=O) groups is 1. The number of carbonyl (C=O) groups excluding carboxylic acids is 1. The van der Waals surface area contributed by atoms with Crippen molar-refractivity contribution in [3.8, 4) is 5.75 Å². The molecule has 1 heterocycles. The smallest absolute Gasteiger partial charge is 0.321 e. The summed E-state index contributed by atoms with van der Waals surface area (Å²) < 4.78 is 5.08. The summed E-state index contributed by atoms with van der Waals surface area (Å²) in [6.45, 7) is 0. The summed E-state index contributed by atoms with van der Waals surface area (Å²) in [7, 11) is 0. The Bertz CT molecular complexity index is 682. The van der Waals surface area contributed by atoms with E-state index in [9.17, 15) is 14.9 Å². The first kappa shape index (κ1) is 16.3. The second-order valence-electron chi connectivity index (χ2n) is 4.16. The Morgan fingerprint density at radius 1 is 1.36 bits per heavy atom. The third-order valence-electron chi connectivity index (χ3n) is 2.54. The van der Waals surface area contributed by atoms with Gasteiger partial charge in [-0.25, -0.2) is 0 Å². The molecular weight excluding hydrogens is 328 g/mol. The number of aromatic nitrogens is 1. The fourth-order valence-electron chi connectivity index (χ4n) is 1.58. The van der Waals surface area contributed by atoms with Crippen molar-refractivity contribution in [1.82, 2.24) is 4.98 Å². The summed E-state index contributed by atoms with van der Waals surface area (Å²) in [4.78, 5) is 25.9. The monoisotopic (exact) mass is 338 g/mol. The zero-order valence-corrected chi connectivity index (χ0v) is 12.8. The van der Waals surface area contributed by atoms with Crippen molar-refractivity contribution in [3.63, 3.8) is 0 Å². The molecule has 0 fully saturated rings. The molecule has 0 atom stereocenters. The number of benzene rings is 1. The van der Waals surface area contributed by atoms with Crippen molar-refractivity contribution >= 4 is 35.0 Å². The Morgan fingerprint density at radius 3 is 2.82 bits per heavy atom. The number of nitrogens with zero attached hydrogens (tertiary/aromatic N) is 2. The van der Waals surface area contributed by atoms with E-state index >= 15 is 0 Å². The fraction of sp³-hybridized carbons (Fsp3) is 0.143. The van der Waals surface area contributed by atoms with Crippen LogP contribution in [0.3, 0.4) is 0 Å². The number of hydrogen-bond donors (Lipinski definition) is 0. The molecule has 2 aromatic rings. The number of thioether (sulfide) groups is 1. The lowest BCUT2D eigenvalue weighted by Crippen LogP contribution is -2.11. The summed E-state index contributed by atoms with van der Waals surface area (Å²) in [5.74, 6) is 0.465. The molecule has 0 saturated heterocycles. The van der Waals surface area contributed by atoms with Crippen LogP contribution in [0.4, 0.5) is 5.69 Å². The first-order valence-electron chi connectivity index (χ1n) is 6.18. The topological polar surface area (TPSA) is 82.3 Å². The zero-order valence-electron chi connectivity index (χ0n) is 11.3. The molecule has 114 valence electrons. The predicted molar refractivity (Wildman–Crippen MR) is 84.1 cm³/mol. The van der Waals surface area contributed by atoms with Crippen LogP contribution in [-0.2, 0) is 10.5 Å². The van der Waals surface area contributed by atoms with Gasteiger partial charge in [0.1, 0.15) is 10.8 Å². The number of esters is 1. The number of pyridine rings is 1. The van der Waals surface area contributed by atoms with Crippen LogP contribution in [0.15, 0.2) is 42.6 Å². The molecule has 0 amide bonds. The van der Waals surface area contributed by atoms with Crippen LogP contribution in [0.5, 0.6) is 5.75 Å². The number of halogens is 1. The van der Waals surface area contributed by atoms with Gasteiger partial charge >= 0.3 is 5.97 Å². The lowest BCUT2D eigenvalue weighted by Gasteiger charge is -2.05. The molecule has 0 unspecified atom stereocenters. The molecule has 0 spiro atoms. The summed E-state index contributed by atoms with van der Waals surface area (Å²) in [6, 6.07) is 9.35. The van der Waals surface area contributed by atoms with Crippen LogP contribution in [0.2, 0.25) is 5.02 Å². The number of ether oxygens (including phenoxy) is 1. The quantitative estimate of drug-likeness (QED) is 0.347.